The lowest BCUT2D eigenvalue weighted by Gasteiger charge is -1.99. The predicted molar refractivity (Wildman–Crippen MR) is 55.3 cm³/mol. The Morgan fingerprint density at radius 1 is 1.00 bits per heavy atom. The van der Waals surface area contributed by atoms with Gasteiger partial charge >= 0.3 is 0 Å². The van der Waals surface area contributed by atoms with Crippen molar-refractivity contribution in [3.63, 3.8) is 0 Å². The van der Waals surface area contributed by atoms with Crippen LogP contribution in [0.3, 0.4) is 0 Å². The minimum absolute atomic E-state index is 1.07. The fourth-order valence-corrected chi connectivity index (χ4v) is 1.99. The molecule has 1 rings (SSSR count). The minimum Gasteiger partial charge on any atom is -0.0654 e. The molecule has 72 valence electrons. The van der Waals surface area contributed by atoms with Crippen LogP contribution in [0.15, 0.2) is 0 Å². The molecule has 1 fully saturated rings. The van der Waals surface area contributed by atoms with Crippen molar-refractivity contribution in [3.8, 4) is 0 Å². The molecule has 1 saturated carbocycles. The van der Waals surface area contributed by atoms with Crippen LogP contribution in [0.1, 0.15) is 65.2 Å². The molecule has 0 saturated heterocycles. The van der Waals surface area contributed by atoms with Crippen molar-refractivity contribution in [2.75, 3.05) is 0 Å². The molecule has 0 aromatic carbocycles. The van der Waals surface area contributed by atoms with Gasteiger partial charge in [0.05, 0.1) is 0 Å². The van der Waals surface area contributed by atoms with E-state index in [4.69, 9.17) is 0 Å². The van der Waals surface area contributed by atoms with Crippen LogP contribution < -0.4 is 0 Å². The quantitative estimate of drug-likeness (QED) is 0.494. The summed E-state index contributed by atoms with van der Waals surface area (Å²) in [4.78, 5) is 0. The van der Waals surface area contributed by atoms with Crippen molar-refractivity contribution in [2.24, 2.45) is 11.8 Å². The smallest absolute Gasteiger partial charge is 0.0386 e. The van der Waals surface area contributed by atoms with E-state index in [1.807, 2.05) is 0 Å². The second-order valence-corrected chi connectivity index (χ2v) is 4.53. The molecular weight excluding hydrogens is 144 g/mol. The van der Waals surface area contributed by atoms with E-state index in [1.165, 1.54) is 51.4 Å². The van der Waals surface area contributed by atoms with Gasteiger partial charge in [0, 0.05) is 0 Å². The largest absolute Gasteiger partial charge is 0.0654 e. The maximum absolute atomic E-state index is 2.39. The molecule has 0 N–H and O–H groups in total. The summed E-state index contributed by atoms with van der Waals surface area (Å²) < 4.78 is 0. The van der Waals surface area contributed by atoms with Gasteiger partial charge in [-0.2, -0.15) is 0 Å². The van der Waals surface area contributed by atoms with Gasteiger partial charge in [-0.05, 0) is 18.3 Å². The lowest BCUT2D eigenvalue weighted by molar-refractivity contribution is 0.555. The van der Waals surface area contributed by atoms with Crippen LogP contribution in [-0.2, 0) is 0 Å². The van der Waals surface area contributed by atoms with Crippen LogP contribution in [-0.4, -0.2) is 0 Å². The monoisotopic (exact) mass is 168 g/mol. The summed E-state index contributed by atoms with van der Waals surface area (Å²) in [7, 11) is 0. The lowest BCUT2D eigenvalue weighted by Crippen LogP contribution is -1.82. The molecule has 0 spiro atoms. The van der Waals surface area contributed by atoms with Gasteiger partial charge < -0.3 is 0 Å². The highest BCUT2D eigenvalue weighted by Gasteiger charge is 2.31. The van der Waals surface area contributed by atoms with Crippen LogP contribution in [0.4, 0.5) is 0 Å². The molecule has 0 heteroatoms. The van der Waals surface area contributed by atoms with Crippen molar-refractivity contribution in [2.45, 2.75) is 65.2 Å². The zero-order valence-corrected chi connectivity index (χ0v) is 8.81. The summed E-state index contributed by atoms with van der Waals surface area (Å²) in [5.41, 5.74) is 0. The first-order chi connectivity index (χ1) is 5.84. The van der Waals surface area contributed by atoms with Gasteiger partial charge in [0.2, 0.25) is 0 Å². The first-order valence-electron chi connectivity index (χ1n) is 5.84. The van der Waals surface area contributed by atoms with Crippen LogP contribution in [0.25, 0.3) is 0 Å². The first-order valence-corrected chi connectivity index (χ1v) is 5.84. The SMILES string of the molecule is CCCCCCCC[C@@H]1C[C@H]1C. The maximum Gasteiger partial charge on any atom is -0.0386 e. The summed E-state index contributed by atoms with van der Waals surface area (Å²) in [6.45, 7) is 4.67. The molecule has 0 heterocycles. The van der Waals surface area contributed by atoms with Gasteiger partial charge in [-0.15, -0.1) is 0 Å². The highest BCUT2D eigenvalue weighted by atomic mass is 14.4. The number of rotatable bonds is 7. The molecule has 0 aromatic rings. The lowest BCUT2D eigenvalue weighted by atomic mass is 10.1. The molecule has 0 unspecified atom stereocenters. The highest BCUT2D eigenvalue weighted by Crippen LogP contribution is 2.41. The first kappa shape index (κ1) is 10.1. The van der Waals surface area contributed by atoms with E-state index in [-0.39, 0.29) is 0 Å². The van der Waals surface area contributed by atoms with Gasteiger partial charge in [0.25, 0.3) is 0 Å². The maximum atomic E-state index is 2.39. The van der Waals surface area contributed by atoms with Crippen LogP contribution >= 0.6 is 0 Å². The van der Waals surface area contributed by atoms with Crippen molar-refractivity contribution in [3.05, 3.63) is 0 Å². The molecule has 1 aliphatic carbocycles. The van der Waals surface area contributed by atoms with Gasteiger partial charge in [0.15, 0.2) is 0 Å². The van der Waals surface area contributed by atoms with Gasteiger partial charge in [0.1, 0.15) is 0 Å². The zero-order valence-electron chi connectivity index (χ0n) is 8.81. The molecular formula is C12H24. The molecule has 0 radical (unpaired) electrons. The third-order valence-electron chi connectivity index (χ3n) is 3.20. The van der Waals surface area contributed by atoms with E-state index < -0.39 is 0 Å². The second kappa shape index (κ2) is 5.61. The standard InChI is InChI=1S/C12H24/c1-3-4-5-6-7-8-9-12-10-11(12)2/h11-12H,3-10H2,1-2H3/t11-,12-/m1/s1. The van der Waals surface area contributed by atoms with Gasteiger partial charge in [-0.25, -0.2) is 0 Å². The average molecular weight is 168 g/mol. The normalized spacial score (nSPS) is 27.5. The Kier molecular flexibility index (Phi) is 4.72. The van der Waals surface area contributed by atoms with Crippen molar-refractivity contribution in [1.82, 2.24) is 0 Å². The molecule has 0 aliphatic heterocycles. The molecule has 0 amide bonds. The van der Waals surface area contributed by atoms with E-state index in [2.05, 4.69) is 13.8 Å². The molecule has 0 aromatic heterocycles. The zero-order chi connectivity index (χ0) is 8.81. The fraction of sp³-hybridized carbons (Fsp3) is 1.00. The Morgan fingerprint density at radius 3 is 2.17 bits per heavy atom. The third kappa shape index (κ3) is 4.13. The Morgan fingerprint density at radius 2 is 1.58 bits per heavy atom. The van der Waals surface area contributed by atoms with E-state index in [0.717, 1.165) is 11.8 Å². The highest BCUT2D eigenvalue weighted by molar-refractivity contribution is 4.81. The molecule has 12 heavy (non-hydrogen) atoms. The number of hydrogen-bond donors (Lipinski definition) is 0. The summed E-state index contributed by atoms with van der Waals surface area (Å²) in [5, 5.41) is 0. The number of hydrogen-bond acceptors (Lipinski definition) is 0. The van der Waals surface area contributed by atoms with Crippen LogP contribution in [0.2, 0.25) is 0 Å². The van der Waals surface area contributed by atoms with Crippen molar-refractivity contribution < 1.29 is 0 Å². The van der Waals surface area contributed by atoms with E-state index in [0.29, 0.717) is 0 Å². The van der Waals surface area contributed by atoms with E-state index in [9.17, 15) is 0 Å². The number of unbranched alkanes of at least 4 members (excludes halogenated alkanes) is 5. The summed E-state index contributed by atoms with van der Waals surface area (Å²) in [6.07, 6.45) is 11.8. The fourth-order valence-electron chi connectivity index (χ4n) is 1.99. The molecule has 0 bridgehead atoms. The van der Waals surface area contributed by atoms with Crippen molar-refractivity contribution in [1.29, 1.82) is 0 Å². The Bertz CT molecular complexity index is 107. The third-order valence-corrected chi connectivity index (χ3v) is 3.20. The Balaban J connectivity index is 1.72. The van der Waals surface area contributed by atoms with Gasteiger partial charge in [-0.1, -0.05) is 58.8 Å². The predicted octanol–water partition coefficient (Wildman–Crippen LogP) is 4.39. The van der Waals surface area contributed by atoms with Crippen LogP contribution in [0.5, 0.6) is 0 Å². The summed E-state index contributed by atoms with van der Waals surface area (Å²) in [5.74, 6) is 2.19. The summed E-state index contributed by atoms with van der Waals surface area (Å²) in [6, 6.07) is 0. The Hall–Kier alpha value is 0. The summed E-state index contributed by atoms with van der Waals surface area (Å²) >= 11 is 0. The van der Waals surface area contributed by atoms with E-state index in [1.54, 1.807) is 0 Å². The minimum atomic E-state index is 1.07. The molecule has 1 aliphatic rings. The second-order valence-electron chi connectivity index (χ2n) is 4.53. The van der Waals surface area contributed by atoms with Crippen LogP contribution in [0, 0.1) is 11.8 Å². The van der Waals surface area contributed by atoms with Gasteiger partial charge in [-0.3, -0.25) is 0 Å². The average Bonchev–Trinajstić information content (AvgIpc) is 2.74. The molecule has 0 nitrogen and oxygen atoms in total. The Labute approximate surface area is 77.7 Å². The topological polar surface area (TPSA) is 0 Å². The van der Waals surface area contributed by atoms with E-state index >= 15 is 0 Å². The molecule has 2 atom stereocenters. The van der Waals surface area contributed by atoms with Crippen molar-refractivity contribution >= 4 is 0 Å².